The fraction of sp³-hybridized carbons (Fsp3) is 0. The van der Waals surface area contributed by atoms with Crippen LogP contribution in [-0.2, 0) is 0 Å². The highest BCUT2D eigenvalue weighted by Crippen LogP contribution is 2.47. The van der Waals surface area contributed by atoms with Crippen LogP contribution in [0.5, 0.6) is 0 Å². The molecule has 0 atom stereocenters. The van der Waals surface area contributed by atoms with Crippen molar-refractivity contribution in [2.75, 3.05) is 4.90 Å². The summed E-state index contributed by atoms with van der Waals surface area (Å²) in [5.74, 6) is 0. The fourth-order valence-electron chi connectivity index (χ4n) is 7.01. The van der Waals surface area contributed by atoms with Crippen LogP contribution in [0.4, 0.5) is 17.1 Å². The maximum Gasteiger partial charge on any atom is 0.136 e. The molecular formula is C46H31NO. The molecule has 0 fully saturated rings. The fourth-order valence-corrected chi connectivity index (χ4v) is 7.01. The van der Waals surface area contributed by atoms with Crippen molar-refractivity contribution < 1.29 is 4.42 Å². The summed E-state index contributed by atoms with van der Waals surface area (Å²) >= 11 is 0. The number of rotatable bonds is 6. The van der Waals surface area contributed by atoms with E-state index in [2.05, 4.69) is 181 Å². The van der Waals surface area contributed by atoms with Crippen LogP contribution in [0.3, 0.4) is 0 Å². The lowest BCUT2D eigenvalue weighted by Gasteiger charge is -2.30. The molecule has 0 aliphatic rings. The Kier molecular flexibility index (Phi) is 6.84. The first kappa shape index (κ1) is 27.9. The van der Waals surface area contributed by atoms with Crippen LogP contribution in [-0.4, -0.2) is 0 Å². The van der Waals surface area contributed by atoms with E-state index in [0.717, 1.165) is 55.7 Å². The molecule has 8 aromatic carbocycles. The number of nitrogens with zero attached hydrogens (tertiary/aromatic N) is 1. The molecule has 226 valence electrons. The summed E-state index contributed by atoms with van der Waals surface area (Å²) in [4.78, 5) is 2.41. The van der Waals surface area contributed by atoms with E-state index in [9.17, 15) is 0 Å². The van der Waals surface area contributed by atoms with Crippen LogP contribution in [0, 0.1) is 0 Å². The normalized spacial score (nSPS) is 11.3. The Hall–Kier alpha value is -6.38. The van der Waals surface area contributed by atoms with Gasteiger partial charge < -0.3 is 9.32 Å². The van der Waals surface area contributed by atoms with Gasteiger partial charge in [-0.25, -0.2) is 0 Å². The highest BCUT2D eigenvalue weighted by Gasteiger charge is 2.22. The molecule has 2 nitrogen and oxygen atoms in total. The number of furan rings is 1. The third-order valence-electron chi connectivity index (χ3n) is 9.28. The Bertz CT molecular complexity index is 2560. The molecule has 9 aromatic rings. The molecule has 0 unspecified atom stereocenters. The zero-order chi connectivity index (χ0) is 31.9. The molecule has 0 amide bonds. The van der Waals surface area contributed by atoms with Gasteiger partial charge >= 0.3 is 0 Å². The van der Waals surface area contributed by atoms with Crippen molar-refractivity contribution in [3.63, 3.8) is 0 Å². The van der Waals surface area contributed by atoms with Gasteiger partial charge in [-0.15, -0.1) is 0 Å². The van der Waals surface area contributed by atoms with Crippen LogP contribution in [0.25, 0.3) is 66.1 Å². The number of anilines is 3. The minimum Gasteiger partial charge on any atom is -0.456 e. The van der Waals surface area contributed by atoms with Crippen molar-refractivity contribution in [1.82, 2.24) is 0 Å². The van der Waals surface area contributed by atoms with Gasteiger partial charge in [-0.05, 0) is 75.5 Å². The van der Waals surface area contributed by atoms with Crippen molar-refractivity contribution in [2.24, 2.45) is 0 Å². The maximum absolute atomic E-state index is 6.34. The van der Waals surface area contributed by atoms with Crippen LogP contribution in [0.15, 0.2) is 192 Å². The Morgan fingerprint density at radius 3 is 1.77 bits per heavy atom. The van der Waals surface area contributed by atoms with Gasteiger partial charge in [0.05, 0.1) is 11.4 Å². The van der Waals surface area contributed by atoms with Crippen molar-refractivity contribution in [3.05, 3.63) is 188 Å². The van der Waals surface area contributed by atoms with Crippen molar-refractivity contribution in [3.8, 4) is 33.4 Å². The van der Waals surface area contributed by atoms with E-state index >= 15 is 0 Å². The average Bonchev–Trinajstić information content (AvgIpc) is 3.55. The third-order valence-corrected chi connectivity index (χ3v) is 9.28. The third kappa shape index (κ3) is 4.83. The van der Waals surface area contributed by atoms with E-state index in [4.69, 9.17) is 4.42 Å². The van der Waals surface area contributed by atoms with Crippen LogP contribution < -0.4 is 4.90 Å². The standard InChI is InChI=1S/C46H31NO/c1-2-13-32(14-3-1)34-27-29-37(30-28-34)47(42-21-9-6-17-38(42)36-26-25-33-15-4-5-16-35(33)31-36)43-22-10-7-18-39(43)40-20-12-24-45-46(40)41-19-8-11-23-44(41)48-45/h1-31H. The Morgan fingerprint density at radius 2 is 0.938 bits per heavy atom. The summed E-state index contributed by atoms with van der Waals surface area (Å²) in [6.45, 7) is 0. The van der Waals surface area contributed by atoms with E-state index in [-0.39, 0.29) is 0 Å². The first-order valence-electron chi connectivity index (χ1n) is 16.4. The molecule has 0 aliphatic heterocycles. The van der Waals surface area contributed by atoms with Gasteiger partial charge in [-0.2, -0.15) is 0 Å². The van der Waals surface area contributed by atoms with E-state index in [1.807, 2.05) is 12.1 Å². The number of hydrogen-bond donors (Lipinski definition) is 0. The summed E-state index contributed by atoms with van der Waals surface area (Å²) < 4.78 is 6.34. The first-order chi connectivity index (χ1) is 23.8. The SMILES string of the molecule is c1ccc(-c2ccc(N(c3ccccc3-c3ccc4ccccc4c3)c3ccccc3-c3cccc4oc5ccccc5c34)cc2)cc1. The van der Waals surface area contributed by atoms with E-state index < -0.39 is 0 Å². The average molecular weight is 614 g/mol. The van der Waals surface area contributed by atoms with Gasteiger partial charge in [0.2, 0.25) is 0 Å². The molecule has 0 spiro atoms. The van der Waals surface area contributed by atoms with E-state index in [1.165, 1.54) is 27.5 Å². The lowest BCUT2D eigenvalue weighted by molar-refractivity contribution is 0.669. The number of fused-ring (bicyclic) bond motifs is 4. The summed E-state index contributed by atoms with van der Waals surface area (Å²) in [5, 5.41) is 4.70. The van der Waals surface area contributed by atoms with Crippen LogP contribution in [0.1, 0.15) is 0 Å². The minimum absolute atomic E-state index is 0.888. The van der Waals surface area contributed by atoms with E-state index in [0.29, 0.717) is 0 Å². The second kappa shape index (κ2) is 11.8. The highest BCUT2D eigenvalue weighted by atomic mass is 16.3. The van der Waals surface area contributed by atoms with Gasteiger partial charge in [0.1, 0.15) is 11.2 Å². The predicted molar refractivity (Wildman–Crippen MR) is 202 cm³/mol. The first-order valence-corrected chi connectivity index (χ1v) is 16.4. The van der Waals surface area contributed by atoms with Gasteiger partial charge in [-0.3, -0.25) is 0 Å². The molecule has 0 aliphatic carbocycles. The number of para-hydroxylation sites is 3. The van der Waals surface area contributed by atoms with Crippen LogP contribution >= 0.6 is 0 Å². The molecule has 0 N–H and O–H groups in total. The molecule has 48 heavy (non-hydrogen) atoms. The topological polar surface area (TPSA) is 16.4 Å². The quantitative estimate of drug-likeness (QED) is 0.185. The molecule has 1 heterocycles. The molecule has 0 saturated carbocycles. The molecule has 9 rings (SSSR count). The summed E-state index contributed by atoms with van der Waals surface area (Å²) in [7, 11) is 0. The zero-order valence-electron chi connectivity index (χ0n) is 26.3. The van der Waals surface area contributed by atoms with Gasteiger partial charge in [0.25, 0.3) is 0 Å². The van der Waals surface area contributed by atoms with Crippen molar-refractivity contribution in [2.45, 2.75) is 0 Å². The second-order valence-corrected chi connectivity index (χ2v) is 12.1. The Morgan fingerprint density at radius 1 is 0.354 bits per heavy atom. The molecule has 2 heteroatoms. The lowest BCUT2D eigenvalue weighted by Crippen LogP contribution is -2.12. The smallest absolute Gasteiger partial charge is 0.136 e. The maximum atomic E-state index is 6.34. The molecular weight excluding hydrogens is 583 g/mol. The molecule has 0 bridgehead atoms. The second-order valence-electron chi connectivity index (χ2n) is 12.1. The Balaban J connectivity index is 1.29. The zero-order valence-corrected chi connectivity index (χ0v) is 26.3. The van der Waals surface area contributed by atoms with Crippen molar-refractivity contribution >= 4 is 49.8 Å². The van der Waals surface area contributed by atoms with Crippen LogP contribution in [0.2, 0.25) is 0 Å². The van der Waals surface area contributed by atoms with Gasteiger partial charge in [0, 0.05) is 27.6 Å². The predicted octanol–water partition coefficient (Wildman–Crippen LogP) is 13.2. The summed E-state index contributed by atoms with van der Waals surface area (Å²) in [5.41, 5.74) is 12.1. The number of benzene rings is 8. The lowest BCUT2D eigenvalue weighted by atomic mass is 9.95. The largest absolute Gasteiger partial charge is 0.456 e. The Labute approximate surface area is 279 Å². The summed E-state index contributed by atoms with van der Waals surface area (Å²) in [6, 6.07) is 67.0. The van der Waals surface area contributed by atoms with Gasteiger partial charge in [-0.1, -0.05) is 146 Å². The van der Waals surface area contributed by atoms with E-state index in [1.54, 1.807) is 0 Å². The molecule has 0 radical (unpaired) electrons. The monoisotopic (exact) mass is 613 g/mol. The molecule has 0 saturated heterocycles. The molecule has 1 aromatic heterocycles. The van der Waals surface area contributed by atoms with Crippen molar-refractivity contribution in [1.29, 1.82) is 0 Å². The summed E-state index contributed by atoms with van der Waals surface area (Å²) in [6.07, 6.45) is 0. The van der Waals surface area contributed by atoms with Gasteiger partial charge in [0.15, 0.2) is 0 Å². The highest BCUT2D eigenvalue weighted by molar-refractivity contribution is 6.14. The number of hydrogen-bond acceptors (Lipinski definition) is 2. The minimum atomic E-state index is 0.888.